The van der Waals surface area contributed by atoms with Crippen molar-refractivity contribution < 1.29 is 0 Å². The van der Waals surface area contributed by atoms with E-state index in [1.54, 1.807) is 0 Å². The molecule has 0 aliphatic carbocycles. The average Bonchev–Trinajstić information content (AvgIpc) is 2.52. The van der Waals surface area contributed by atoms with E-state index in [2.05, 4.69) is 27.6 Å². The largest absolute Gasteiger partial charge is 0.363 e. The van der Waals surface area contributed by atoms with Crippen LogP contribution in [0.5, 0.6) is 0 Å². The number of unbranched alkanes of at least 4 members (excludes halogenated alkanes) is 1. The first-order chi connectivity index (χ1) is 5.34. The zero-order chi connectivity index (χ0) is 8.10. The molecule has 11 heavy (non-hydrogen) atoms. The molecule has 1 heterocycles. The van der Waals surface area contributed by atoms with E-state index >= 15 is 0 Å². The van der Waals surface area contributed by atoms with Crippen LogP contribution in [-0.2, 0) is 0 Å². The van der Waals surface area contributed by atoms with Crippen LogP contribution in [0.4, 0.5) is 5.00 Å². The first-order valence-corrected chi connectivity index (χ1v) is 4.53. The fourth-order valence-electron chi connectivity index (χ4n) is 0.795. The summed E-state index contributed by atoms with van der Waals surface area (Å²) in [5.74, 6) is 0. The minimum Gasteiger partial charge on any atom is -0.363 e. The third-order valence-corrected chi connectivity index (χ3v) is 2.25. The van der Waals surface area contributed by atoms with Crippen LogP contribution in [0.3, 0.4) is 0 Å². The lowest BCUT2D eigenvalue weighted by Crippen LogP contribution is -2.16. The predicted octanol–water partition coefficient (Wildman–Crippen LogP) is 1.57. The van der Waals surface area contributed by atoms with Crippen molar-refractivity contribution in [3.8, 4) is 0 Å². The molecule has 0 aliphatic heterocycles. The van der Waals surface area contributed by atoms with Crippen molar-refractivity contribution in [1.29, 1.82) is 0 Å². The Morgan fingerprint density at radius 3 is 3.00 bits per heavy atom. The smallest absolute Gasteiger partial charge is 0.153 e. The van der Waals surface area contributed by atoms with E-state index < -0.39 is 0 Å². The molecule has 4 heteroatoms. The molecule has 0 saturated carbocycles. The van der Waals surface area contributed by atoms with Crippen molar-refractivity contribution in [3.05, 3.63) is 6.20 Å². The summed E-state index contributed by atoms with van der Waals surface area (Å²) in [6, 6.07) is 0. The van der Waals surface area contributed by atoms with E-state index in [1.807, 2.05) is 7.05 Å². The van der Waals surface area contributed by atoms with Crippen LogP contribution in [0.25, 0.3) is 0 Å². The van der Waals surface area contributed by atoms with Gasteiger partial charge in [0.1, 0.15) is 5.00 Å². The van der Waals surface area contributed by atoms with Crippen LogP contribution in [0.1, 0.15) is 19.8 Å². The van der Waals surface area contributed by atoms with Gasteiger partial charge in [-0.25, -0.2) is 0 Å². The highest BCUT2D eigenvalue weighted by molar-refractivity contribution is 7.09. The quantitative estimate of drug-likeness (QED) is 0.687. The van der Waals surface area contributed by atoms with Crippen LogP contribution in [0, 0.1) is 6.20 Å². The van der Waals surface area contributed by atoms with E-state index in [-0.39, 0.29) is 0 Å². The minimum absolute atomic E-state index is 1.03. The third kappa shape index (κ3) is 2.46. The van der Waals surface area contributed by atoms with Crippen LogP contribution >= 0.6 is 11.5 Å². The van der Waals surface area contributed by atoms with Gasteiger partial charge in [-0.05, 0) is 6.42 Å². The molecule has 1 rings (SSSR count). The maximum Gasteiger partial charge on any atom is 0.153 e. The molecular weight excluding hydrogens is 158 g/mol. The second-order valence-electron chi connectivity index (χ2n) is 2.47. The lowest BCUT2D eigenvalue weighted by molar-refractivity contribution is 0.769. The van der Waals surface area contributed by atoms with Crippen LogP contribution in [0.2, 0.25) is 0 Å². The Bertz CT molecular complexity index is 186. The highest BCUT2D eigenvalue weighted by Gasteiger charge is 2.01. The molecule has 0 amide bonds. The van der Waals surface area contributed by atoms with E-state index in [9.17, 15) is 0 Å². The zero-order valence-corrected chi connectivity index (χ0v) is 7.69. The van der Waals surface area contributed by atoms with Gasteiger partial charge in [0.2, 0.25) is 0 Å². The monoisotopic (exact) mass is 170 g/mol. The van der Waals surface area contributed by atoms with Gasteiger partial charge in [0.25, 0.3) is 0 Å². The highest BCUT2D eigenvalue weighted by atomic mass is 32.1. The molecule has 0 fully saturated rings. The Labute approximate surface area is 71.2 Å². The van der Waals surface area contributed by atoms with E-state index in [0.717, 1.165) is 11.5 Å². The topological polar surface area (TPSA) is 29.0 Å². The molecule has 0 unspecified atom stereocenters. The Kier molecular flexibility index (Phi) is 3.29. The molecule has 0 bridgehead atoms. The summed E-state index contributed by atoms with van der Waals surface area (Å²) in [5.41, 5.74) is 0. The molecule has 0 aromatic carbocycles. The van der Waals surface area contributed by atoms with Crippen molar-refractivity contribution >= 4 is 16.5 Å². The second kappa shape index (κ2) is 4.28. The lowest BCUT2D eigenvalue weighted by atomic mass is 10.3. The van der Waals surface area contributed by atoms with E-state index in [4.69, 9.17) is 0 Å². The predicted molar refractivity (Wildman–Crippen MR) is 46.9 cm³/mol. The van der Waals surface area contributed by atoms with Gasteiger partial charge in [-0.1, -0.05) is 17.8 Å². The molecule has 1 radical (unpaired) electrons. The van der Waals surface area contributed by atoms with Gasteiger partial charge in [-0.2, -0.15) is 0 Å². The number of aromatic nitrogens is 2. The number of rotatable bonds is 4. The lowest BCUT2D eigenvalue weighted by Gasteiger charge is -2.13. The number of anilines is 1. The summed E-state index contributed by atoms with van der Waals surface area (Å²) >= 11 is 1.39. The normalized spacial score (nSPS) is 10.0. The molecule has 61 valence electrons. The molecule has 1 aromatic rings. The van der Waals surface area contributed by atoms with Crippen molar-refractivity contribution in [2.24, 2.45) is 0 Å². The Hall–Kier alpha value is -0.640. The molecule has 0 saturated heterocycles. The van der Waals surface area contributed by atoms with Crippen molar-refractivity contribution in [3.63, 3.8) is 0 Å². The first-order valence-electron chi connectivity index (χ1n) is 3.75. The van der Waals surface area contributed by atoms with Gasteiger partial charge < -0.3 is 4.90 Å². The Balaban J connectivity index is 2.36. The van der Waals surface area contributed by atoms with Crippen molar-refractivity contribution in [2.45, 2.75) is 19.8 Å². The van der Waals surface area contributed by atoms with Gasteiger partial charge in [-0.3, -0.25) is 0 Å². The SMILES string of the molecule is CCCCN(C)c1[c]nns1. The summed E-state index contributed by atoms with van der Waals surface area (Å²) in [6.45, 7) is 3.25. The Morgan fingerprint density at radius 2 is 2.45 bits per heavy atom. The van der Waals surface area contributed by atoms with Gasteiger partial charge in [0.15, 0.2) is 6.20 Å². The standard InChI is InChI=1S/C7H12N3S/c1-3-4-5-10(2)7-6-8-9-11-7/h3-5H2,1-2H3. The molecule has 3 nitrogen and oxygen atoms in total. The number of hydrogen-bond donors (Lipinski definition) is 0. The number of hydrogen-bond acceptors (Lipinski definition) is 4. The molecule has 0 atom stereocenters. The van der Waals surface area contributed by atoms with Gasteiger partial charge in [0, 0.05) is 25.1 Å². The van der Waals surface area contributed by atoms with Crippen molar-refractivity contribution in [2.75, 3.05) is 18.5 Å². The Morgan fingerprint density at radius 1 is 1.64 bits per heavy atom. The van der Waals surface area contributed by atoms with Gasteiger partial charge in [-0.15, -0.1) is 5.10 Å². The van der Waals surface area contributed by atoms with Crippen LogP contribution in [-0.4, -0.2) is 23.2 Å². The van der Waals surface area contributed by atoms with Crippen LogP contribution in [0.15, 0.2) is 0 Å². The maximum atomic E-state index is 3.75. The molecular formula is C7H12N3S. The minimum atomic E-state index is 1.03. The summed E-state index contributed by atoms with van der Waals surface area (Å²) in [7, 11) is 2.04. The summed E-state index contributed by atoms with van der Waals surface area (Å²) < 4.78 is 3.75. The average molecular weight is 170 g/mol. The van der Waals surface area contributed by atoms with Gasteiger partial charge in [0.05, 0.1) is 0 Å². The first kappa shape index (κ1) is 8.46. The molecule has 0 aliphatic rings. The summed E-state index contributed by atoms with van der Waals surface area (Å²) in [6.07, 6.45) is 5.26. The van der Waals surface area contributed by atoms with Gasteiger partial charge >= 0.3 is 0 Å². The molecule has 0 spiro atoms. The summed E-state index contributed by atoms with van der Waals surface area (Å²) in [5, 5.41) is 4.68. The third-order valence-electron chi connectivity index (χ3n) is 1.51. The maximum absolute atomic E-state index is 3.75. The van der Waals surface area contributed by atoms with E-state index in [0.29, 0.717) is 0 Å². The summed E-state index contributed by atoms with van der Waals surface area (Å²) in [4.78, 5) is 2.13. The van der Waals surface area contributed by atoms with Crippen molar-refractivity contribution in [1.82, 2.24) is 9.59 Å². The highest BCUT2D eigenvalue weighted by Crippen LogP contribution is 2.14. The van der Waals surface area contributed by atoms with E-state index in [1.165, 1.54) is 24.4 Å². The zero-order valence-electron chi connectivity index (χ0n) is 6.87. The fourth-order valence-corrected chi connectivity index (χ4v) is 1.27. The van der Waals surface area contributed by atoms with Crippen LogP contribution < -0.4 is 4.90 Å². The number of nitrogens with zero attached hydrogens (tertiary/aromatic N) is 3. The molecule has 1 aromatic heterocycles. The second-order valence-corrected chi connectivity index (χ2v) is 3.20. The fraction of sp³-hybridized carbons (Fsp3) is 0.714. The molecule has 0 N–H and O–H groups in total.